The number of hydrogen-bond acceptors (Lipinski definition) is 6. The van der Waals surface area contributed by atoms with Gasteiger partial charge in [-0.2, -0.15) is 0 Å². The van der Waals surface area contributed by atoms with Crippen LogP contribution in [0.15, 0.2) is 0 Å². The normalized spacial score (nSPS) is 13.2. The number of carboxylic acid groups (broad SMARTS) is 2. The Balaban J connectivity index is 3.96. The molecule has 0 spiro atoms. The van der Waals surface area contributed by atoms with Gasteiger partial charge in [0.25, 0.3) is 0 Å². The lowest BCUT2D eigenvalue weighted by Crippen LogP contribution is -2.26. The summed E-state index contributed by atoms with van der Waals surface area (Å²) in [6, 6.07) is 0. The van der Waals surface area contributed by atoms with Crippen molar-refractivity contribution in [3.63, 3.8) is 0 Å². The average molecular weight is 262 g/mol. The molecule has 102 valence electrons. The summed E-state index contributed by atoms with van der Waals surface area (Å²) in [5.74, 6) is -4.34. The molecular weight excluding hydrogens is 248 g/mol. The molecule has 8 nitrogen and oxygen atoms in total. The van der Waals surface area contributed by atoms with Crippen molar-refractivity contribution >= 4 is 23.9 Å². The quantitative estimate of drug-likeness (QED) is 0.604. The number of carbonyl (C=O) groups is 4. The highest BCUT2D eigenvalue weighted by Gasteiger charge is 2.19. The summed E-state index contributed by atoms with van der Waals surface area (Å²) in [5.41, 5.74) is 0. The Morgan fingerprint density at radius 3 is 1.33 bits per heavy atom. The maximum atomic E-state index is 11.1. The van der Waals surface area contributed by atoms with Gasteiger partial charge in [-0.1, -0.05) is 0 Å². The molecule has 0 aromatic heterocycles. The van der Waals surface area contributed by atoms with E-state index in [1.54, 1.807) is 0 Å². The largest absolute Gasteiger partial charge is 0.479 e. The van der Waals surface area contributed by atoms with E-state index in [1.807, 2.05) is 0 Å². The molecule has 0 bridgehead atoms. The van der Waals surface area contributed by atoms with Crippen LogP contribution in [0, 0.1) is 0 Å². The van der Waals surface area contributed by atoms with Crippen LogP contribution < -0.4 is 0 Å². The van der Waals surface area contributed by atoms with Crippen LogP contribution in [0.2, 0.25) is 0 Å². The summed E-state index contributed by atoms with van der Waals surface area (Å²) in [5, 5.41) is 16.9. The second-order valence-corrected chi connectivity index (χ2v) is 3.44. The van der Waals surface area contributed by atoms with Crippen molar-refractivity contribution in [3.05, 3.63) is 0 Å². The molecule has 0 radical (unpaired) electrons. The topological polar surface area (TPSA) is 127 Å². The molecule has 0 aliphatic heterocycles. The fourth-order valence-electron chi connectivity index (χ4n) is 0.817. The molecule has 0 saturated heterocycles. The van der Waals surface area contributed by atoms with E-state index in [2.05, 4.69) is 9.47 Å². The van der Waals surface area contributed by atoms with Gasteiger partial charge in [-0.15, -0.1) is 0 Å². The maximum absolute atomic E-state index is 11.1. The van der Waals surface area contributed by atoms with Gasteiger partial charge < -0.3 is 19.7 Å². The van der Waals surface area contributed by atoms with Crippen molar-refractivity contribution < 1.29 is 38.9 Å². The number of hydrogen-bond donors (Lipinski definition) is 2. The lowest BCUT2D eigenvalue weighted by molar-refractivity contribution is -0.166. The minimum atomic E-state index is -1.30. The lowest BCUT2D eigenvalue weighted by Gasteiger charge is -2.10. The van der Waals surface area contributed by atoms with Gasteiger partial charge in [0.2, 0.25) is 0 Å². The van der Waals surface area contributed by atoms with Crippen LogP contribution >= 0.6 is 0 Å². The number of carboxylic acids is 2. The first-order valence-corrected chi connectivity index (χ1v) is 5.08. The molecule has 18 heavy (non-hydrogen) atoms. The Bertz CT molecular complexity index is 314. The Morgan fingerprint density at radius 2 is 1.11 bits per heavy atom. The standard InChI is InChI=1S/C10H14O8/c1-5(9(13)14)17-7(11)3-4-8(12)18-6(2)10(15)16/h5-6H,3-4H2,1-2H3,(H,13,14)(H,15,16). The molecule has 0 heterocycles. The molecule has 2 atom stereocenters. The Labute approximate surface area is 102 Å². The molecule has 0 fully saturated rings. The van der Waals surface area contributed by atoms with Crippen molar-refractivity contribution in [1.82, 2.24) is 0 Å². The Morgan fingerprint density at radius 1 is 0.833 bits per heavy atom. The minimum absolute atomic E-state index is 0.372. The molecule has 2 unspecified atom stereocenters. The molecule has 0 aromatic rings. The maximum Gasteiger partial charge on any atom is 0.344 e. The van der Waals surface area contributed by atoms with E-state index in [4.69, 9.17) is 10.2 Å². The molecule has 0 aliphatic carbocycles. The highest BCUT2D eigenvalue weighted by Crippen LogP contribution is 2.02. The summed E-state index contributed by atoms with van der Waals surface area (Å²) in [4.78, 5) is 42.9. The minimum Gasteiger partial charge on any atom is -0.479 e. The van der Waals surface area contributed by atoms with Crippen LogP contribution in [0.25, 0.3) is 0 Å². The third-order valence-electron chi connectivity index (χ3n) is 1.85. The van der Waals surface area contributed by atoms with Gasteiger partial charge in [-0.3, -0.25) is 9.59 Å². The van der Waals surface area contributed by atoms with Gasteiger partial charge in [-0.05, 0) is 13.8 Å². The molecule has 0 aliphatic rings. The second-order valence-electron chi connectivity index (χ2n) is 3.44. The average Bonchev–Trinajstić information content (AvgIpc) is 2.25. The monoisotopic (exact) mass is 262 g/mol. The predicted octanol–water partition coefficient (Wildman–Crippen LogP) is -0.201. The Hall–Kier alpha value is -2.12. The van der Waals surface area contributed by atoms with Crippen LogP contribution in [0.3, 0.4) is 0 Å². The van der Waals surface area contributed by atoms with Gasteiger partial charge in [0.15, 0.2) is 12.2 Å². The first-order valence-electron chi connectivity index (χ1n) is 5.08. The highest BCUT2D eigenvalue weighted by molar-refractivity contribution is 5.82. The highest BCUT2D eigenvalue weighted by atomic mass is 16.6. The van der Waals surface area contributed by atoms with Crippen molar-refractivity contribution in [1.29, 1.82) is 0 Å². The number of ether oxygens (including phenoxy) is 2. The fourth-order valence-corrected chi connectivity index (χ4v) is 0.817. The summed E-state index contributed by atoms with van der Waals surface area (Å²) >= 11 is 0. The molecular formula is C10H14O8. The van der Waals surface area contributed by atoms with Crippen molar-refractivity contribution in [2.45, 2.75) is 38.9 Å². The van der Waals surface area contributed by atoms with E-state index in [0.29, 0.717) is 0 Å². The molecule has 0 amide bonds. The first-order chi connectivity index (χ1) is 8.23. The summed E-state index contributed by atoms with van der Waals surface area (Å²) in [7, 11) is 0. The van der Waals surface area contributed by atoms with Crippen LogP contribution in [0.4, 0.5) is 0 Å². The molecule has 8 heteroatoms. The molecule has 2 N–H and O–H groups in total. The SMILES string of the molecule is CC(OC(=O)CCC(=O)OC(C)C(=O)O)C(=O)O. The predicted molar refractivity (Wildman–Crippen MR) is 55.6 cm³/mol. The third kappa shape index (κ3) is 6.46. The number of esters is 2. The first kappa shape index (κ1) is 15.9. The lowest BCUT2D eigenvalue weighted by atomic mass is 10.3. The summed E-state index contributed by atoms with van der Waals surface area (Å²) in [6.07, 6.45) is -3.34. The zero-order chi connectivity index (χ0) is 14.3. The molecule has 0 aromatic carbocycles. The zero-order valence-corrected chi connectivity index (χ0v) is 9.91. The fraction of sp³-hybridized carbons (Fsp3) is 0.600. The van der Waals surface area contributed by atoms with E-state index in [-0.39, 0.29) is 12.8 Å². The Kier molecular flexibility index (Phi) is 6.40. The van der Waals surface area contributed by atoms with Crippen molar-refractivity contribution in [2.24, 2.45) is 0 Å². The van der Waals surface area contributed by atoms with E-state index < -0.39 is 36.1 Å². The second kappa shape index (κ2) is 7.25. The van der Waals surface area contributed by atoms with Gasteiger partial charge in [-0.25, -0.2) is 9.59 Å². The molecule has 0 saturated carbocycles. The van der Waals surface area contributed by atoms with Crippen molar-refractivity contribution in [3.8, 4) is 0 Å². The number of carbonyl (C=O) groups excluding carboxylic acids is 2. The number of rotatable bonds is 7. The van der Waals surface area contributed by atoms with E-state index >= 15 is 0 Å². The van der Waals surface area contributed by atoms with Crippen LogP contribution in [0.5, 0.6) is 0 Å². The summed E-state index contributed by atoms with van der Waals surface area (Å²) < 4.78 is 8.90. The van der Waals surface area contributed by atoms with E-state index in [1.165, 1.54) is 13.8 Å². The number of aliphatic carboxylic acids is 2. The third-order valence-corrected chi connectivity index (χ3v) is 1.85. The zero-order valence-electron chi connectivity index (χ0n) is 9.91. The van der Waals surface area contributed by atoms with Crippen LogP contribution in [0.1, 0.15) is 26.7 Å². The van der Waals surface area contributed by atoms with Gasteiger partial charge in [0.1, 0.15) is 0 Å². The van der Waals surface area contributed by atoms with E-state index in [9.17, 15) is 19.2 Å². The van der Waals surface area contributed by atoms with Gasteiger partial charge in [0, 0.05) is 0 Å². The van der Waals surface area contributed by atoms with Crippen molar-refractivity contribution in [2.75, 3.05) is 0 Å². The van der Waals surface area contributed by atoms with Crippen LogP contribution in [-0.4, -0.2) is 46.3 Å². The van der Waals surface area contributed by atoms with E-state index in [0.717, 1.165) is 0 Å². The molecule has 0 rings (SSSR count). The summed E-state index contributed by atoms with van der Waals surface area (Å²) in [6.45, 7) is 2.34. The van der Waals surface area contributed by atoms with Gasteiger partial charge >= 0.3 is 23.9 Å². The van der Waals surface area contributed by atoms with Crippen LogP contribution in [-0.2, 0) is 28.7 Å². The smallest absolute Gasteiger partial charge is 0.344 e. The van der Waals surface area contributed by atoms with Gasteiger partial charge in [0.05, 0.1) is 12.8 Å².